The second-order valence-electron chi connectivity index (χ2n) is 7.88. The molecule has 1 amide bonds. The summed E-state index contributed by atoms with van der Waals surface area (Å²) in [5.74, 6) is 1.38. The van der Waals surface area contributed by atoms with Crippen molar-refractivity contribution in [3.05, 3.63) is 34.8 Å². The van der Waals surface area contributed by atoms with Crippen molar-refractivity contribution in [1.29, 1.82) is 0 Å². The number of ether oxygens (including phenoxy) is 1. The highest BCUT2D eigenvalue weighted by molar-refractivity contribution is 7.17. The van der Waals surface area contributed by atoms with Crippen molar-refractivity contribution in [3.63, 3.8) is 0 Å². The van der Waals surface area contributed by atoms with Crippen LogP contribution in [0.1, 0.15) is 47.5 Å². The third-order valence-electron chi connectivity index (χ3n) is 6.07. The highest BCUT2D eigenvalue weighted by atomic mass is 32.1. The molecule has 0 aliphatic carbocycles. The second-order valence-corrected chi connectivity index (χ2v) is 8.88. The van der Waals surface area contributed by atoms with Crippen LogP contribution in [-0.4, -0.2) is 48.6 Å². The predicted octanol–water partition coefficient (Wildman–Crippen LogP) is 4.12. The first-order valence-electron chi connectivity index (χ1n) is 10.3. The van der Waals surface area contributed by atoms with Gasteiger partial charge in [-0.2, -0.15) is 0 Å². The quantitative estimate of drug-likeness (QED) is 0.822. The lowest BCUT2D eigenvalue weighted by Gasteiger charge is -2.44. The lowest BCUT2D eigenvalue weighted by molar-refractivity contribution is 0.0576. The molecular formula is C22H29N3O2S. The van der Waals surface area contributed by atoms with E-state index < -0.39 is 0 Å². The van der Waals surface area contributed by atoms with E-state index >= 15 is 0 Å². The SMILES string of the molecule is COc1cccc(-c2nc(C)c(C(=O)NC[C@H]3CCCN4CCCC[C@H]34)s2)c1. The molecule has 1 N–H and O–H groups in total. The van der Waals surface area contributed by atoms with Gasteiger partial charge in [-0.15, -0.1) is 11.3 Å². The normalized spacial score (nSPS) is 22.5. The fraction of sp³-hybridized carbons (Fsp3) is 0.545. The van der Waals surface area contributed by atoms with Crippen LogP contribution in [0.2, 0.25) is 0 Å². The van der Waals surface area contributed by atoms with Gasteiger partial charge in [-0.05, 0) is 63.7 Å². The molecule has 0 saturated carbocycles. The van der Waals surface area contributed by atoms with Crippen LogP contribution >= 0.6 is 11.3 Å². The van der Waals surface area contributed by atoms with Crippen molar-refractivity contribution >= 4 is 17.2 Å². The van der Waals surface area contributed by atoms with Gasteiger partial charge >= 0.3 is 0 Å². The Balaban J connectivity index is 1.43. The summed E-state index contributed by atoms with van der Waals surface area (Å²) in [5.41, 5.74) is 1.78. The monoisotopic (exact) mass is 399 g/mol. The summed E-state index contributed by atoms with van der Waals surface area (Å²) in [4.78, 5) is 20.8. The molecule has 150 valence electrons. The number of amides is 1. The molecule has 1 aromatic carbocycles. The number of aryl methyl sites for hydroxylation is 1. The number of hydrogen-bond donors (Lipinski definition) is 1. The number of hydrogen-bond acceptors (Lipinski definition) is 5. The molecule has 0 unspecified atom stereocenters. The van der Waals surface area contributed by atoms with Crippen LogP contribution < -0.4 is 10.1 Å². The molecule has 5 nitrogen and oxygen atoms in total. The summed E-state index contributed by atoms with van der Waals surface area (Å²) in [6.45, 7) is 5.14. The first-order valence-corrected chi connectivity index (χ1v) is 11.1. The minimum absolute atomic E-state index is 0.0112. The lowest BCUT2D eigenvalue weighted by Crippen LogP contribution is -2.50. The predicted molar refractivity (Wildman–Crippen MR) is 113 cm³/mol. The standard InChI is InChI=1S/C22H29N3O2S/c1-15-20(28-22(24-15)16-7-5-9-18(13-16)27-2)21(26)23-14-17-8-6-12-25-11-4-3-10-19(17)25/h5,7,9,13,17,19H,3-4,6,8,10-12,14H2,1-2H3,(H,23,26)/t17-,19-/m1/s1. The van der Waals surface area contributed by atoms with Crippen molar-refractivity contribution in [2.24, 2.45) is 5.92 Å². The largest absolute Gasteiger partial charge is 0.497 e. The van der Waals surface area contributed by atoms with E-state index in [2.05, 4.69) is 15.2 Å². The average Bonchev–Trinajstić information content (AvgIpc) is 3.14. The Labute approximate surface area is 171 Å². The third-order valence-corrected chi connectivity index (χ3v) is 7.28. The van der Waals surface area contributed by atoms with Gasteiger partial charge in [0.15, 0.2) is 0 Å². The summed E-state index contributed by atoms with van der Waals surface area (Å²) < 4.78 is 5.30. The van der Waals surface area contributed by atoms with Gasteiger partial charge in [0.2, 0.25) is 0 Å². The number of rotatable bonds is 5. The number of carbonyl (C=O) groups is 1. The van der Waals surface area contributed by atoms with E-state index in [-0.39, 0.29) is 5.91 Å². The number of aromatic nitrogens is 1. The molecule has 28 heavy (non-hydrogen) atoms. The first kappa shape index (κ1) is 19.4. The minimum atomic E-state index is 0.0112. The maximum absolute atomic E-state index is 12.9. The molecule has 3 heterocycles. The van der Waals surface area contributed by atoms with Crippen molar-refractivity contribution in [1.82, 2.24) is 15.2 Å². The zero-order chi connectivity index (χ0) is 19.5. The van der Waals surface area contributed by atoms with Gasteiger partial charge in [0, 0.05) is 18.2 Å². The number of carbonyl (C=O) groups excluding carboxylic acids is 1. The maximum Gasteiger partial charge on any atom is 0.263 e. The number of fused-ring (bicyclic) bond motifs is 1. The van der Waals surface area contributed by atoms with Gasteiger partial charge in [-0.25, -0.2) is 4.98 Å². The van der Waals surface area contributed by atoms with Crippen LogP contribution in [0.15, 0.2) is 24.3 Å². The van der Waals surface area contributed by atoms with Crippen LogP contribution in [0.3, 0.4) is 0 Å². The van der Waals surface area contributed by atoms with E-state index in [9.17, 15) is 4.79 Å². The molecule has 0 bridgehead atoms. The van der Waals surface area contributed by atoms with Crippen molar-refractivity contribution in [2.75, 3.05) is 26.7 Å². The highest BCUT2D eigenvalue weighted by Crippen LogP contribution is 2.32. The Morgan fingerprint density at radius 2 is 2.14 bits per heavy atom. The van der Waals surface area contributed by atoms with Crippen LogP contribution in [0.25, 0.3) is 10.6 Å². The third kappa shape index (κ3) is 4.08. The Bertz CT molecular complexity index is 833. The number of methoxy groups -OCH3 is 1. The van der Waals surface area contributed by atoms with E-state index in [1.165, 1.54) is 56.5 Å². The van der Waals surface area contributed by atoms with Gasteiger partial charge in [0.1, 0.15) is 15.6 Å². The van der Waals surface area contributed by atoms with Gasteiger partial charge in [0.25, 0.3) is 5.91 Å². The minimum Gasteiger partial charge on any atom is -0.497 e. The summed E-state index contributed by atoms with van der Waals surface area (Å²) in [7, 11) is 1.66. The number of piperidine rings is 2. The summed E-state index contributed by atoms with van der Waals surface area (Å²) in [6.07, 6.45) is 6.39. The molecular weight excluding hydrogens is 370 g/mol. The van der Waals surface area contributed by atoms with E-state index in [0.29, 0.717) is 16.8 Å². The van der Waals surface area contributed by atoms with Gasteiger partial charge in [0.05, 0.1) is 12.8 Å². The molecule has 6 heteroatoms. The van der Waals surface area contributed by atoms with Crippen LogP contribution in [0.4, 0.5) is 0 Å². The summed E-state index contributed by atoms with van der Waals surface area (Å²) >= 11 is 1.46. The molecule has 1 aromatic heterocycles. The number of nitrogens with zero attached hydrogens (tertiary/aromatic N) is 2. The average molecular weight is 400 g/mol. The molecule has 2 aliphatic heterocycles. The summed E-state index contributed by atoms with van der Waals surface area (Å²) in [5, 5.41) is 4.07. The van der Waals surface area contributed by atoms with E-state index in [0.717, 1.165) is 28.6 Å². The number of thiazole rings is 1. The molecule has 2 aromatic rings. The van der Waals surface area contributed by atoms with Gasteiger partial charge in [-0.1, -0.05) is 18.6 Å². The van der Waals surface area contributed by atoms with Crippen molar-refractivity contribution < 1.29 is 9.53 Å². The fourth-order valence-electron chi connectivity index (χ4n) is 4.61. The van der Waals surface area contributed by atoms with Crippen molar-refractivity contribution in [3.8, 4) is 16.3 Å². The zero-order valence-corrected chi connectivity index (χ0v) is 17.6. The zero-order valence-electron chi connectivity index (χ0n) is 16.7. The fourth-order valence-corrected chi connectivity index (χ4v) is 5.58. The Kier molecular flexibility index (Phi) is 5.97. The van der Waals surface area contributed by atoms with Crippen LogP contribution in [0.5, 0.6) is 5.75 Å². The van der Waals surface area contributed by atoms with E-state index in [1.807, 2.05) is 31.2 Å². The van der Waals surface area contributed by atoms with E-state index in [1.54, 1.807) is 7.11 Å². The number of benzene rings is 1. The topological polar surface area (TPSA) is 54.5 Å². The Morgan fingerprint density at radius 3 is 3.00 bits per heavy atom. The molecule has 4 rings (SSSR count). The molecule has 0 radical (unpaired) electrons. The molecule has 2 aliphatic rings. The lowest BCUT2D eigenvalue weighted by atomic mass is 9.83. The molecule has 2 atom stereocenters. The van der Waals surface area contributed by atoms with Crippen LogP contribution in [0, 0.1) is 12.8 Å². The molecule has 2 saturated heterocycles. The van der Waals surface area contributed by atoms with Crippen LogP contribution in [-0.2, 0) is 0 Å². The smallest absolute Gasteiger partial charge is 0.263 e. The summed E-state index contributed by atoms with van der Waals surface area (Å²) in [6, 6.07) is 8.47. The maximum atomic E-state index is 12.9. The second kappa shape index (κ2) is 8.62. The molecule has 0 spiro atoms. The Hall–Kier alpha value is -1.92. The Morgan fingerprint density at radius 1 is 1.29 bits per heavy atom. The van der Waals surface area contributed by atoms with Gasteiger partial charge in [-0.3, -0.25) is 4.79 Å². The first-order chi connectivity index (χ1) is 13.7. The molecule has 2 fully saturated rings. The number of nitrogens with one attached hydrogen (secondary N) is 1. The van der Waals surface area contributed by atoms with Gasteiger partial charge < -0.3 is 15.0 Å². The van der Waals surface area contributed by atoms with E-state index in [4.69, 9.17) is 4.74 Å². The van der Waals surface area contributed by atoms with Crippen molar-refractivity contribution in [2.45, 2.75) is 45.1 Å². The highest BCUT2D eigenvalue weighted by Gasteiger charge is 2.33.